The average Bonchev–Trinajstić information content (AvgIpc) is 2.79. The predicted octanol–water partition coefficient (Wildman–Crippen LogP) is -0.0366. The standard InChI is InChI=1S/C17H21F2N9O2/c18-13(19)12-11(9-21-15(20)22-12)14-23-16(27-3-1-26(10-29)2-4-27)25-17(24-14)28-5-7-30-8-6-28/h9-10,13H,1-8H2,(H2,20,21,22). The number of halogens is 2. The van der Waals surface area contributed by atoms with Crippen molar-refractivity contribution < 1.29 is 18.3 Å². The van der Waals surface area contributed by atoms with Crippen molar-refractivity contribution in [3.8, 4) is 11.4 Å². The predicted molar refractivity (Wildman–Crippen MR) is 103 cm³/mol. The number of alkyl halides is 2. The van der Waals surface area contributed by atoms with Crippen LogP contribution in [0.25, 0.3) is 11.4 Å². The number of carbonyl (C=O) groups excluding carboxylic acids is 1. The molecule has 0 unspecified atom stereocenters. The molecule has 0 radical (unpaired) electrons. The van der Waals surface area contributed by atoms with Gasteiger partial charge in [-0.1, -0.05) is 0 Å². The van der Waals surface area contributed by atoms with E-state index in [9.17, 15) is 13.6 Å². The SMILES string of the molecule is Nc1ncc(-c2nc(N3CCOCC3)nc(N3CCN(C=O)CC3)n2)c(C(F)F)n1. The number of carbonyl (C=O) groups is 1. The molecule has 13 heteroatoms. The topological polar surface area (TPSA) is 126 Å². The Morgan fingerprint density at radius 3 is 2.20 bits per heavy atom. The van der Waals surface area contributed by atoms with Crippen LogP contribution in [0.2, 0.25) is 0 Å². The summed E-state index contributed by atoms with van der Waals surface area (Å²) in [4.78, 5) is 37.4. The molecular weight excluding hydrogens is 400 g/mol. The fourth-order valence-corrected chi connectivity index (χ4v) is 3.30. The van der Waals surface area contributed by atoms with Crippen LogP contribution in [0.4, 0.5) is 26.6 Å². The highest BCUT2D eigenvalue weighted by molar-refractivity contribution is 5.61. The number of nitrogens with two attached hydrogens (primary N) is 1. The first-order valence-corrected chi connectivity index (χ1v) is 9.49. The lowest BCUT2D eigenvalue weighted by Crippen LogP contribution is -2.46. The van der Waals surface area contributed by atoms with Gasteiger partial charge in [0.2, 0.25) is 24.3 Å². The molecule has 2 aromatic rings. The lowest BCUT2D eigenvalue weighted by atomic mass is 10.2. The van der Waals surface area contributed by atoms with Gasteiger partial charge in [-0.25, -0.2) is 18.7 Å². The van der Waals surface area contributed by atoms with E-state index in [4.69, 9.17) is 10.5 Å². The zero-order chi connectivity index (χ0) is 21.1. The third kappa shape index (κ3) is 4.20. The Hall–Kier alpha value is -3.22. The number of morpholine rings is 1. The summed E-state index contributed by atoms with van der Waals surface area (Å²) in [6.45, 7) is 4.25. The van der Waals surface area contributed by atoms with E-state index >= 15 is 0 Å². The molecule has 11 nitrogen and oxygen atoms in total. The molecule has 0 atom stereocenters. The molecule has 4 rings (SSSR count). The Morgan fingerprint density at radius 1 is 0.967 bits per heavy atom. The van der Waals surface area contributed by atoms with Crippen molar-refractivity contribution in [1.29, 1.82) is 0 Å². The van der Waals surface area contributed by atoms with Gasteiger partial charge in [-0.05, 0) is 0 Å². The van der Waals surface area contributed by atoms with Gasteiger partial charge >= 0.3 is 0 Å². The van der Waals surface area contributed by atoms with Gasteiger partial charge in [0.1, 0.15) is 5.69 Å². The van der Waals surface area contributed by atoms with Crippen molar-refractivity contribution in [2.75, 3.05) is 68.0 Å². The van der Waals surface area contributed by atoms with Crippen LogP contribution in [0.5, 0.6) is 0 Å². The third-order valence-corrected chi connectivity index (χ3v) is 4.94. The molecule has 1 amide bonds. The molecule has 30 heavy (non-hydrogen) atoms. The number of amides is 1. The number of hydrogen-bond donors (Lipinski definition) is 1. The summed E-state index contributed by atoms with van der Waals surface area (Å²) in [6, 6.07) is 0. The summed E-state index contributed by atoms with van der Waals surface area (Å²) in [7, 11) is 0. The van der Waals surface area contributed by atoms with E-state index in [1.165, 1.54) is 6.20 Å². The highest BCUT2D eigenvalue weighted by Crippen LogP contribution is 2.29. The molecule has 0 bridgehead atoms. The van der Waals surface area contributed by atoms with Crippen LogP contribution in [0.1, 0.15) is 12.1 Å². The number of anilines is 3. The van der Waals surface area contributed by atoms with Gasteiger partial charge in [-0.15, -0.1) is 0 Å². The van der Waals surface area contributed by atoms with E-state index in [2.05, 4.69) is 24.9 Å². The zero-order valence-corrected chi connectivity index (χ0v) is 16.1. The summed E-state index contributed by atoms with van der Waals surface area (Å²) in [5, 5.41) is 0. The highest BCUT2D eigenvalue weighted by atomic mass is 19.3. The number of nitrogen functional groups attached to an aromatic ring is 1. The van der Waals surface area contributed by atoms with Gasteiger partial charge in [-0.2, -0.15) is 15.0 Å². The van der Waals surface area contributed by atoms with Gasteiger partial charge in [0, 0.05) is 45.5 Å². The van der Waals surface area contributed by atoms with Crippen LogP contribution in [0.3, 0.4) is 0 Å². The molecule has 2 aliphatic rings. The van der Waals surface area contributed by atoms with E-state index in [1.807, 2.05) is 9.80 Å². The van der Waals surface area contributed by atoms with Gasteiger partial charge < -0.3 is 25.2 Å². The van der Waals surface area contributed by atoms with E-state index in [1.54, 1.807) is 4.90 Å². The normalized spacial score (nSPS) is 17.5. The quantitative estimate of drug-likeness (QED) is 0.657. The Morgan fingerprint density at radius 2 is 1.60 bits per heavy atom. The van der Waals surface area contributed by atoms with Crippen LogP contribution in [0.15, 0.2) is 6.20 Å². The number of rotatable bonds is 5. The van der Waals surface area contributed by atoms with Gasteiger partial charge in [0.15, 0.2) is 5.82 Å². The molecule has 0 aliphatic carbocycles. The first kappa shape index (κ1) is 20.1. The minimum atomic E-state index is -2.87. The summed E-state index contributed by atoms with van der Waals surface area (Å²) in [6.07, 6.45) is -0.861. The van der Waals surface area contributed by atoms with E-state index in [-0.39, 0.29) is 17.3 Å². The summed E-state index contributed by atoms with van der Waals surface area (Å²) in [5.41, 5.74) is 4.97. The molecule has 0 saturated carbocycles. The second-order valence-electron chi connectivity index (χ2n) is 6.81. The second-order valence-corrected chi connectivity index (χ2v) is 6.81. The number of ether oxygens (including phenoxy) is 1. The van der Waals surface area contributed by atoms with Crippen molar-refractivity contribution in [2.24, 2.45) is 0 Å². The monoisotopic (exact) mass is 421 g/mol. The van der Waals surface area contributed by atoms with E-state index in [0.717, 1.165) is 6.41 Å². The van der Waals surface area contributed by atoms with Crippen molar-refractivity contribution in [2.45, 2.75) is 6.43 Å². The number of piperazine rings is 1. The molecule has 160 valence electrons. The molecule has 0 spiro atoms. The summed E-state index contributed by atoms with van der Waals surface area (Å²) >= 11 is 0. The van der Waals surface area contributed by atoms with Gasteiger partial charge in [0.05, 0.1) is 18.8 Å². The summed E-state index contributed by atoms with van der Waals surface area (Å²) < 4.78 is 32.6. The Balaban J connectivity index is 1.75. The molecule has 2 N–H and O–H groups in total. The van der Waals surface area contributed by atoms with Crippen LogP contribution >= 0.6 is 0 Å². The second kappa shape index (κ2) is 8.65. The molecule has 2 aromatic heterocycles. The molecule has 2 saturated heterocycles. The first-order chi connectivity index (χ1) is 14.5. The Bertz CT molecular complexity index is 903. The number of hydrogen-bond acceptors (Lipinski definition) is 10. The number of aromatic nitrogens is 5. The van der Waals surface area contributed by atoms with Crippen LogP contribution in [-0.4, -0.2) is 88.7 Å². The Kier molecular flexibility index (Phi) is 5.79. The van der Waals surface area contributed by atoms with Crippen molar-refractivity contribution in [3.63, 3.8) is 0 Å². The lowest BCUT2D eigenvalue weighted by Gasteiger charge is -2.33. The van der Waals surface area contributed by atoms with Gasteiger partial charge in [0.25, 0.3) is 6.43 Å². The first-order valence-electron chi connectivity index (χ1n) is 9.49. The maximum absolute atomic E-state index is 13.6. The van der Waals surface area contributed by atoms with Crippen LogP contribution < -0.4 is 15.5 Å². The molecule has 2 fully saturated rings. The molecule has 0 aromatic carbocycles. The van der Waals surface area contributed by atoms with Gasteiger partial charge in [-0.3, -0.25) is 4.79 Å². The van der Waals surface area contributed by atoms with E-state index in [0.29, 0.717) is 64.4 Å². The average molecular weight is 421 g/mol. The minimum absolute atomic E-state index is 0.00360. The van der Waals surface area contributed by atoms with Crippen LogP contribution in [-0.2, 0) is 9.53 Å². The maximum Gasteiger partial charge on any atom is 0.281 e. The Labute approximate surface area is 170 Å². The molecule has 4 heterocycles. The largest absolute Gasteiger partial charge is 0.378 e. The summed E-state index contributed by atoms with van der Waals surface area (Å²) in [5.74, 6) is 0.522. The van der Waals surface area contributed by atoms with Crippen molar-refractivity contribution in [1.82, 2.24) is 29.8 Å². The third-order valence-electron chi connectivity index (χ3n) is 4.94. The fourth-order valence-electron chi connectivity index (χ4n) is 3.30. The van der Waals surface area contributed by atoms with E-state index < -0.39 is 12.1 Å². The fraction of sp³-hybridized carbons (Fsp3) is 0.529. The number of nitrogens with zero attached hydrogens (tertiary/aromatic N) is 8. The minimum Gasteiger partial charge on any atom is -0.378 e. The maximum atomic E-state index is 13.6. The van der Waals surface area contributed by atoms with Crippen LogP contribution in [0, 0.1) is 0 Å². The highest BCUT2D eigenvalue weighted by Gasteiger charge is 2.25. The zero-order valence-electron chi connectivity index (χ0n) is 16.1. The van der Waals surface area contributed by atoms with Crippen molar-refractivity contribution >= 4 is 24.3 Å². The van der Waals surface area contributed by atoms with Crippen molar-refractivity contribution in [3.05, 3.63) is 11.9 Å². The lowest BCUT2D eigenvalue weighted by molar-refractivity contribution is -0.118. The molecular formula is C17H21F2N9O2. The smallest absolute Gasteiger partial charge is 0.281 e. The molecule has 2 aliphatic heterocycles.